The second-order valence-corrected chi connectivity index (χ2v) is 21.7. The van der Waals surface area contributed by atoms with E-state index in [0.717, 1.165) is 59.9 Å². The smallest absolute Gasteiger partial charge is 0.410 e. The van der Waals surface area contributed by atoms with E-state index in [1.807, 2.05) is 105 Å². The monoisotopic (exact) mass is 988 g/mol. The van der Waals surface area contributed by atoms with Crippen LogP contribution in [0.25, 0.3) is 44.2 Å². The number of aromatic amines is 3. The summed E-state index contributed by atoms with van der Waals surface area (Å²) in [4.78, 5) is 65.0. The number of carbonyl (C=O) groups excluding carboxylic acids is 3. The summed E-state index contributed by atoms with van der Waals surface area (Å²) in [6.45, 7) is 27.1. The van der Waals surface area contributed by atoms with E-state index in [1.165, 1.54) is 33.2 Å². The summed E-state index contributed by atoms with van der Waals surface area (Å²) in [5, 5.41) is 11.0. The zero-order chi connectivity index (χ0) is 52.5. The molecule has 9 heterocycles. The van der Waals surface area contributed by atoms with Crippen molar-refractivity contribution in [1.82, 2.24) is 44.6 Å². The molecule has 4 unspecified atom stereocenters. The predicted octanol–water partition coefficient (Wildman–Crippen LogP) is 12.0. The van der Waals surface area contributed by atoms with Crippen molar-refractivity contribution in [2.75, 3.05) is 26.2 Å². The number of aliphatic hydroxyl groups excluding tert-OH is 1. The van der Waals surface area contributed by atoms with Gasteiger partial charge in [-0.3, -0.25) is 0 Å². The van der Waals surface area contributed by atoms with Crippen LogP contribution in [-0.4, -0.2) is 129 Å². The van der Waals surface area contributed by atoms with Gasteiger partial charge in [0.1, 0.15) is 33.7 Å². The fourth-order valence-electron chi connectivity index (χ4n) is 9.21. The van der Waals surface area contributed by atoms with Gasteiger partial charge in [-0.15, -0.1) is 0 Å². The molecule has 16 nitrogen and oxygen atoms in total. The number of nitrogens with zero attached hydrogens (tertiary/aromatic N) is 6. The van der Waals surface area contributed by atoms with Gasteiger partial charge >= 0.3 is 18.3 Å². The van der Waals surface area contributed by atoms with Crippen molar-refractivity contribution in [3.8, 4) is 0 Å². The highest BCUT2D eigenvalue weighted by molar-refractivity contribution is 5.92. The number of likely N-dealkylation sites (tertiary alicyclic amines) is 1. The van der Waals surface area contributed by atoms with Gasteiger partial charge < -0.3 is 49.0 Å². The summed E-state index contributed by atoms with van der Waals surface area (Å²) in [6, 6.07) is 12.4. The third-order valence-electron chi connectivity index (χ3n) is 12.4. The van der Waals surface area contributed by atoms with Crippen LogP contribution in [0.5, 0.6) is 0 Å². The van der Waals surface area contributed by atoms with Crippen LogP contribution in [0.15, 0.2) is 85.7 Å². The molecule has 388 valence electrons. The largest absolute Gasteiger partial charge is 0.444 e. The molecule has 72 heavy (non-hydrogen) atoms. The number of pyridine rings is 3. The van der Waals surface area contributed by atoms with Crippen molar-refractivity contribution in [2.45, 2.75) is 157 Å². The first kappa shape index (κ1) is 54.6. The molecule has 6 aromatic rings. The minimum atomic E-state index is -0.469. The van der Waals surface area contributed by atoms with Crippen molar-refractivity contribution < 1.29 is 33.7 Å². The Morgan fingerprint density at radius 3 is 1.58 bits per heavy atom. The van der Waals surface area contributed by atoms with E-state index in [4.69, 9.17) is 19.3 Å². The number of rotatable bonds is 3. The zero-order valence-electron chi connectivity index (χ0n) is 44.6. The van der Waals surface area contributed by atoms with E-state index in [-0.39, 0.29) is 43.0 Å². The molecular formula is C56H77N9O7. The quantitative estimate of drug-likeness (QED) is 0.124. The van der Waals surface area contributed by atoms with Crippen LogP contribution in [0.1, 0.15) is 138 Å². The summed E-state index contributed by atoms with van der Waals surface area (Å²) in [7, 11) is 0. The number of amides is 3. The highest BCUT2D eigenvalue weighted by Gasteiger charge is 2.34. The molecule has 0 aliphatic carbocycles. The van der Waals surface area contributed by atoms with Crippen LogP contribution in [-0.2, 0) is 14.2 Å². The molecule has 0 aromatic carbocycles. The van der Waals surface area contributed by atoms with Crippen molar-refractivity contribution in [2.24, 2.45) is 0 Å². The van der Waals surface area contributed by atoms with E-state index in [9.17, 15) is 14.4 Å². The third-order valence-corrected chi connectivity index (χ3v) is 12.4. The Labute approximate surface area is 424 Å². The highest BCUT2D eigenvalue weighted by atomic mass is 16.6. The Morgan fingerprint density at radius 1 is 0.639 bits per heavy atom. The molecule has 0 spiro atoms. The maximum Gasteiger partial charge on any atom is 0.410 e. The Morgan fingerprint density at radius 2 is 1.10 bits per heavy atom. The van der Waals surface area contributed by atoms with Crippen LogP contribution in [0.4, 0.5) is 14.4 Å². The predicted molar refractivity (Wildman–Crippen MR) is 285 cm³/mol. The molecule has 0 radical (unpaired) electrons. The first-order valence-corrected chi connectivity index (χ1v) is 25.2. The molecular weight excluding hydrogens is 911 g/mol. The SMILES string of the molecule is CC1C=C(c2c[nH]c3ncccc23)CCN1C(=O)OC(C)(C)C.CC1CC(c2c[nH]c3ncccc23)=CCN1C(=O)OC(C)(C)C.CC1CC(c2c[nH]c3ncccc23)CCN1C(=O)OC(C)(C)C.CCO. The maximum atomic E-state index is 12.3. The maximum absolute atomic E-state index is 12.3. The van der Waals surface area contributed by atoms with Crippen LogP contribution in [0, 0.1) is 0 Å². The average Bonchev–Trinajstić information content (AvgIpc) is 4.05. The molecule has 6 aromatic heterocycles. The molecule has 9 rings (SSSR count). The molecule has 3 amide bonds. The fourth-order valence-corrected chi connectivity index (χ4v) is 9.21. The Hall–Kier alpha value is -6.68. The van der Waals surface area contributed by atoms with Crippen LogP contribution in [0.3, 0.4) is 0 Å². The number of piperidine rings is 1. The normalized spacial score (nSPS) is 19.4. The Balaban J connectivity index is 0.000000172. The number of ether oxygens (including phenoxy) is 3. The number of hydrogen-bond donors (Lipinski definition) is 4. The van der Waals surface area contributed by atoms with Crippen molar-refractivity contribution in [1.29, 1.82) is 0 Å². The van der Waals surface area contributed by atoms with Gasteiger partial charge in [-0.25, -0.2) is 29.3 Å². The zero-order valence-corrected chi connectivity index (χ0v) is 44.6. The van der Waals surface area contributed by atoms with Gasteiger partial charge in [0.05, 0.1) is 6.04 Å². The topological polar surface area (TPSA) is 195 Å². The Bertz CT molecular complexity index is 2810. The third kappa shape index (κ3) is 14.3. The summed E-state index contributed by atoms with van der Waals surface area (Å²) >= 11 is 0. The van der Waals surface area contributed by atoms with Crippen LogP contribution >= 0.6 is 0 Å². The lowest BCUT2D eigenvalue weighted by Crippen LogP contribution is -2.46. The van der Waals surface area contributed by atoms with Crippen molar-refractivity contribution in [3.05, 3.63) is 102 Å². The second kappa shape index (κ2) is 23.2. The summed E-state index contributed by atoms with van der Waals surface area (Å²) in [5.41, 5.74) is 7.48. The van der Waals surface area contributed by atoms with Crippen LogP contribution in [0.2, 0.25) is 0 Å². The van der Waals surface area contributed by atoms with Crippen molar-refractivity contribution >= 4 is 62.5 Å². The molecule has 3 aliphatic heterocycles. The van der Waals surface area contributed by atoms with Gasteiger partial charge in [-0.1, -0.05) is 12.2 Å². The molecule has 3 aliphatic rings. The first-order valence-electron chi connectivity index (χ1n) is 25.2. The van der Waals surface area contributed by atoms with E-state index >= 15 is 0 Å². The van der Waals surface area contributed by atoms with E-state index < -0.39 is 16.8 Å². The van der Waals surface area contributed by atoms with E-state index in [0.29, 0.717) is 19.0 Å². The Kier molecular flexibility index (Phi) is 17.6. The minimum Gasteiger partial charge on any atom is -0.444 e. The minimum absolute atomic E-state index is 0.00946. The number of H-pyrrole nitrogens is 3. The number of aliphatic hydroxyl groups is 1. The molecule has 4 atom stereocenters. The van der Waals surface area contributed by atoms with E-state index in [2.05, 4.69) is 80.3 Å². The molecule has 4 N–H and O–H groups in total. The number of aromatic nitrogens is 6. The lowest BCUT2D eigenvalue weighted by Gasteiger charge is -2.38. The molecule has 0 bridgehead atoms. The number of hydrogen-bond acceptors (Lipinski definition) is 10. The van der Waals surface area contributed by atoms with Gasteiger partial charge in [0.15, 0.2) is 0 Å². The summed E-state index contributed by atoms with van der Waals surface area (Å²) in [5.74, 6) is 0.446. The van der Waals surface area contributed by atoms with Gasteiger partial charge in [-0.2, -0.15) is 0 Å². The summed E-state index contributed by atoms with van der Waals surface area (Å²) in [6.07, 6.45) is 18.5. The van der Waals surface area contributed by atoms with Gasteiger partial charge in [-0.05, 0) is 175 Å². The van der Waals surface area contributed by atoms with Crippen molar-refractivity contribution in [3.63, 3.8) is 0 Å². The molecule has 1 saturated heterocycles. The fraction of sp³-hybridized carbons (Fsp3) is 0.500. The molecule has 0 saturated carbocycles. The van der Waals surface area contributed by atoms with Gasteiger partial charge in [0.2, 0.25) is 0 Å². The molecule has 1 fully saturated rings. The first-order chi connectivity index (χ1) is 34.0. The van der Waals surface area contributed by atoms with Crippen LogP contribution < -0.4 is 0 Å². The highest BCUT2D eigenvalue weighted by Crippen LogP contribution is 2.36. The number of nitrogens with one attached hydrogen (secondary N) is 3. The van der Waals surface area contributed by atoms with Gasteiger partial charge in [0.25, 0.3) is 0 Å². The lowest BCUT2D eigenvalue weighted by atomic mass is 9.86. The standard InChI is InChI=1S/C18H25N3O2.2C18H23N3O2.C2H6O/c3*1-12-10-13(7-9-21(12)17(22)23-18(2,3)4)15-11-20-16-14(15)6-5-8-19-16;1-2-3/h5-6,8,11-13H,7,9-10H2,1-4H3,(H,19,20);5-6,8,10-12H,7,9H2,1-4H3,(H,19,20);5-8,11-12H,9-10H2,1-4H3,(H,19,20);3H,2H2,1H3. The van der Waals surface area contributed by atoms with E-state index in [1.54, 1.807) is 35.3 Å². The summed E-state index contributed by atoms with van der Waals surface area (Å²) < 4.78 is 16.5. The van der Waals surface area contributed by atoms with Gasteiger partial charge in [0, 0.05) is 103 Å². The second-order valence-electron chi connectivity index (χ2n) is 21.7. The molecule has 16 heteroatoms. The number of fused-ring (bicyclic) bond motifs is 3. The lowest BCUT2D eigenvalue weighted by molar-refractivity contribution is 0.0102. The average molecular weight is 988 g/mol. The number of carbonyl (C=O) groups is 3.